The van der Waals surface area contributed by atoms with Crippen molar-refractivity contribution in [3.63, 3.8) is 0 Å². The maximum absolute atomic E-state index is 2.46. The van der Waals surface area contributed by atoms with Crippen LogP contribution in [0.2, 0.25) is 18.1 Å². The zero-order valence-corrected chi connectivity index (χ0v) is 14.0. The predicted molar refractivity (Wildman–Crippen MR) is 88.3 cm³/mol. The van der Waals surface area contributed by atoms with Crippen molar-refractivity contribution in [3.8, 4) is 0 Å². The summed E-state index contributed by atoms with van der Waals surface area (Å²) < 4.78 is 0. The van der Waals surface area contributed by atoms with Gasteiger partial charge in [0.2, 0.25) is 0 Å². The molecule has 0 amide bonds. The van der Waals surface area contributed by atoms with Crippen LogP contribution in [0.3, 0.4) is 0 Å². The molecule has 1 unspecified atom stereocenters. The van der Waals surface area contributed by atoms with Crippen molar-refractivity contribution in [2.24, 2.45) is 5.92 Å². The van der Waals surface area contributed by atoms with Gasteiger partial charge in [-0.2, -0.15) is 0 Å². The fraction of sp³-hybridized carbons (Fsp3) is 0.667. The molecular formula is C18H30Si. The third-order valence-electron chi connectivity index (χ3n) is 5.80. The average Bonchev–Trinajstić information content (AvgIpc) is 2.99. The standard InChI is InChI=1S/C18H30Si/c1-4-19(5-2,6-3)18(17-14-10-11-15-17)16-12-8-7-9-13-16/h7-9,12-13,17-18H,4-6,10-11,14-15H2,1-3H3. The highest BCUT2D eigenvalue weighted by Crippen LogP contribution is 2.46. The highest BCUT2D eigenvalue weighted by Gasteiger charge is 2.42. The SMILES string of the molecule is CC[Si](CC)(CC)C(c1ccccc1)C1CCCC1. The van der Waals surface area contributed by atoms with Crippen LogP contribution in [-0.4, -0.2) is 8.07 Å². The molecule has 0 N–H and O–H groups in total. The van der Waals surface area contributed by atoms with Gasteiger partial charge in [-0.25, -0.2) is 0 Å². The molecule has 0 saturated heterocycles. The molecule has 1 heteroatoms. The summed E-state index contributed by atoms with van der Waals surface area (Å²) >= 11 is 0. The molecule has 0 aliphatic heterocycles. The minimum absolute atomic E-state index is 0.913. The van der Waals surface area contributed by atoms with Gasteiger partial charge in [0.25, 0.3) is 0 Å². The Balaban J connectivity index is 2.38. The minimum atomic E-state index is -1.15. The van der Waals surface area contributed by atoms with Crippen LogP contribution in [0.1, 0.15) is 57.6 Å². The lowest BCUT2D eigenvalue weighted by Gasteiger charge is -2.41. The van der Waals surface area contributed by atoms with Crippen molar-refractivity contribution < 1.29 is 0 Å². The summed E-state index contributed by atoms with van der Waals surface area (Å²) in [4.78, 5) is 0. The van der Waals surface area contributed by atoms with E-state index in [0.29, 0.717) is 0 Å². The molecule has 1 aromatic carbocycles. The lowest BCUT2D eigenvalue weighted by atomic mass is 9.97. The van der Waals surface area contributed by atoms with E-state index in [1.807, 2.05) is 0 Å². The molecule has 0 nitrogen and oxygen atoms in total. The Bertz CT molecular complexity index is 352. The monoisotopic (exact) mass is 274 g/mol. The maximum atomic E-state index is 2.46. The summed E-state index contributed by atoms with van der Waals surface area (Å²) in [5.41, 5.74) is 2.57. The first-order valence-electron chi connectivity index (χ1n) is 8.32. The molecule has 1 atom stereocenters. The van der Waals surface area contributed by atoms with Crippen LogP contribution in [0, 0.1) is 5.92 Å². The van der Waals surface area contributed by atoms with Gasteiger partial charge in [-0.3, -0.25) is 0 Å². The van der Waals surface area contributed by atoms with Crippen molar-refractivity contribution in [1.29, 1.82) is 0 Å². The van der Waals surface area contributed by atoms with Crippen LogP contribution in [0.5, 0.6) is 0 Å². The quantitative estimate of drug-likeness (QED) is 0.557. The zero-order chi connectivity index (χ0) is 13.7. The second-order valence-electron chi connectivity index (χ2n) is 6.36. The molecule has 106 valence electrons. The molecule has 1 saturated carbocycles. The van der Waals surface area contributed by atoms with Gasteiger partial charge < -0.3 is 0 Å². The topological polar surface area (TPSA) is 0 Å². The fourth-order valence-electron chi connectivity index (χ4n) is 4.49. The van der Waals surface area contributed by atoms with Crippen LogP contribution in [0.4, 0.5) is 0 Å². The normalized spacial score (nSPS) is 18.7. The smallest absolute Gasteiger partial charge is 0.0608 e. The van der Waals surface area contributed by atoms with Gasteiger partial charge in [0.1, 0.15) is 0 Å². The largest absolute Gasteiger partial charge is 0.0677 e. The van der Waals surface area contributed by atoms with Crippen molar-refractivity contribution in [1.82, 2.24) is 0 Å². The van der Waals surface area contributed by atoms with E-state index >= 15 is 0 Å². The highest BCUT2D eigenvalue weighted by atomic mass is 28.3. The molecular weight excluding hydrogens is 244 g/mol. The predicted octanol–water partition coefficient (Wildman–Crippen LogP) is 6.01. The second-order valence-corrected chi connectivity index (χ2v) is 11.8. The molecule has 1 aliphatic rings. The number of benzene rings is 1. The third-order valence-corrected chi connectivity index (χ3v) is 12.2. The van der Waals surface area contributed by atoms with E-state index in [0.717, 1.165) is 11.5 Å². The van der Waals surface area contributed by atoms with Crippen LogP contribution < -0.4 is 0 Å². The molecule has 1 fully saturated rings. The molecule has 1 aliphatic carbocycles. The molecule has 2 rings (SSSR count). The molecule has 0 radical (unpaired) electrons. The summed E-state index contributed by atoms with van der Waals surface area (Å²) in [6.07, 6.45) is 5.90. The van der Waals surface area contributed by atoms with Gasteiger partial charge >= 0.3 is 0 Å². The van der Waals surface area contributed by atoms with Crippen molar-refractivity contribution in [3.05, 3.63) is 35.9 Å². The second kappa shape index (κ2) is 6.74. The van der Waals surface area contributed by atoms with Gasteiger partial charge in [0.05, 0.1) is 8.07 Å². The van der Waals surface area contributed by atoms with Crippen molar-refractivity contribution >= 4 is 8.07 Å². The Morgan fingerprint density at radius 3 is 1.95 bits per heavy atom. The first kappa shape index (κ1) is 14.8. The fourth-order valence-corrected chi connectivity index (χ4v) is 9.54. The summed E-state index contributed by atoms with van der Waals surface area (Å²) in [5.74, 6) is 0.980. The van der Waals surface area contributed by atoms with Gasteiger partial charge in [-0.15, -0.1) is 0 Å². The van der Waals surface area contributed by atoms with E-state index in [-0.39, 0.29) is 0 Å². The maximum Gasteiger partial charge on any atom is 0.0608 e. The molecule has 0 heterocycles. The Hall–Kier alpha value is -0.563. The van der Waals surface area contributed by atoms with Gasteiger partial charge in [-0.05, 0) is 17.0 Å². The third kappa shape index (κ3) is 2.96. The summed E-state index contributed by atoms with van der Waals surface area (Å²) in [7, 11) is -1.15. The van der Waals surface area contributed by atoms with E-state index in [1.165, 1.54) is 43.8 Å². The lowest BCUT2D eigenvalue weighted by Crippen LogP contribution is -2.43. The number of hydrogen-bond acceptors (Lipinski definition) is 0. The first-order chi connectivity index (χ1) is 9.27. The Kier molecular flexibility index (Phi) is 5.26. The van der Waals surface area contributed by atoms with Crippen LogP contribution in [0.25, 0.3) is 0 Å². The number of rotatable bonds is 6. The van der Waals surface area contributed by atoms with Gasteiger partial charge in [0.15, 0.2) is 0 Å². The molecule has 1 aromatic rings. The highest BCUT2D eigenvalue weighted by molar-refractivity contribution is 6.81. The molecule has 0 spiro atoms. The van der Waals surface area contributed by atoms with Crippen molar-refractivity contribution in [2.75, 3.05) is 0 Å². The molecule has 0 aromatic heterocycles. The Morgan fingerprint density at radius 1 is 0.947 bits per heavy atom. The van der Waals surface area contributed by atoms with Crippen LogP contribution in [0.15, 0.2) is 30.3 Å². The number of hydrogen-bond donors (Lipinski definition) is 0. The Labute approximate surface area is 120 Å². The van der Waals surface area contributed by atoms with Crippen LogP contribution in [-0.2, 0) is 0 Å². The molecule has 19 heavy (non-hydrogen) atoms. The van der Waals surface area contributed by atoms with Gasteiger partial charge in [0, 0.05) is 0 Å². The van der Waals surface area contributed by atoms with Crippen molar-refractivity contribution in [2.45, 2.75) is 70.1 Å². The van der Waals surface area contributed by atoms with E-state index in [9.17, 15) is 0 Å². The van der Waals surface area contributed by atoms with E-state index in [4.69, 9.17) is 0 Å². The van der Waals surface area contributed by atoms with E-state index in [2.05, 4.69) is 51.1 Å². The summed E-state index contributed by atoms with van der Waals surface area (Å²) in [6.45, 7) is 7.39. The zero-order valence-electron chi connectivity index (χ0n) is 13.0. The molecule has 0 bridgehead atoms. The summed E-state index contributed by atoms with van der Waals surface area (Å²) in [5, 5.41) is 0. The first-order valence-corrected chi connectivity index (χ1v) is 11.0. The minimum Gasteiger partial charge on any atom is -0.0677 e. The van der Waals surface area contributed by atoms with E-state index < -0.39 is 8.07 Å². The Morgan fingerprint density at radius 2 is 1.47 bits per heavy atom. The lowest BCUT2D eigenvalue weighted by molar-refractivity contribution is 0.508. The van der Waals surface area contributed by atoms with E-state index in [1.54, 1.807) is 5.56 Å². The average molecular weight is 275 g/mol. The van der Waals surface area contributed by atoms with Gasteiger partial charge in [-0.1, -0.05) is 94.9 Å². The summed E-state index contributed by atoms with van der Waals surface area (Å²) in [6, 6.07) is 15.8. The van der Waals surface area contributed by atoms with Crippen LogP contribution >= 0.6 is 0 Å².